The van der Waals surface area contributed by atoms with E-state index in [0.29, 0.717) is 0 Å². The van der Waals surface area contributed by atoms with Crippen LogP contribution in [0.2, 0.25) is 0 Å². The average molecular weight is 207 g/mol. The molecule has 0 saturated carbocycles. The van der Waals surface area contributed by atoms with E-state index < -0.39 is 0 Å². The molecule has 0 aliphatic rings. The Hall–Kier alpha value is -1.12. The molecule has 1 N–H and O–H groups in total. The smallest absolute Gasteiger partial charge is 0.132 e. The molecule has 0 amide bonds. The number of aryl methyl sites for hydroxylation is 2. The van der Waals surface area contributed by atoms with Crippen molar-refractivity contribution in [3.63, 3.8) is 0 Å². The lowest BCUT2D eigenvalue weighted by molar-refractivity contribution is 0.755. The van der Waals surface area contributed by atoms with Crippen LogP contribution in [0.4, 0.5) is 5.82 Å². The van der Waals surface area contributed by atoms with Crippen molar-refractivity contribution in [2.45, 2.75) is 46.5 Å². The van der Waals surface area contributed by atoms with Gasteiger partial charge in [0.25, 0.3) is 0 Å². The number of anilines is 1. The van der Waals surface area contributed by atoms with E-state index in [0.717, 1.165) is 24.5 Å². The van der Waals surface area contributed by atoms with E-state index in [4.69, 9.17) is 0 Å². The predicted molar refractivity (Wildman–Crippen MR) is 64.3 cm³/mol. The van der Waals surface area contributed by atoms with E-state index in [-0.39, 0.29) is 0 Å². The molecule has 0 fully saturated rings. The zero-order valence-electron chi connectivity index (χ0n) is 10.2. The van der Waals surface area contributed by atoms with E-state index in [1.54, 1.807) is 0 Å². The topological polar surface area (TPSA) is 37.8 Å². The van der Waals surface area contributed by atoms with Crippen LogP contribution in [0.3, 0.4) is 0 Å². The zero-order chi connectivity index (χ0) is 11.3. The predicted octanol–water partition coefficient (Wildman–Crippen LogP) is 2.73. The first kappa shape index (κ1) is 12.0. The van der Waals surface area contributed by atoms with Crippen LogP contribution in [0.25, 0.3) is 0 Å². The van der Waals surface area contributed by atoms with Gasteiger partial charge in [0.2, 0.25) is 0 Å². The molecule has 1 aromatic rings. The van der Waals surface area contributed by atoms with E-state index in [2.05, 4.69) is 36.1 Å². The quantitative estimate of drug-likeness (QED) is 0.806. The third kappa shape index (κ3) is 2.91. The Morgan fingerprint density at radius 1 is 1.20 bits per heavy atom. The van der Waals surface area contributed by atoms with Crippen molar-refractivity contribution in [1.82, 2.24) is 9.97 Å². The van der Waals surface area contributed by atoms with Crippen LogP contribution in [-0.4, -0.2) is 17.0 Å². The van der Waals surface area contributed by atoms with Gasteiger partial charge in [-0.3, -0.25) is 0 Å². The molecular formula is C12H21N3. The molecule has 0 spiro atoms. The summed E-state index contributed by atoms with van der Waals surface area (Å²) in [7, 11) is 1.92. The van der Waals surface area contributed by atoms with Crippen LogP contribution in [0.1, 0.15) is 43.8 Å². The molecular weight excluding hydrogens is 186 g/mol. The molecule has 0 unspecified atom stereocenters. The first-order chi connectivity index (χ1) is 7.22. The van der Waals surface area contributed by atoms with Crippen molar-refractivity contribution in [1.29, 1.82) is 0 Å². The van der Waals surface area contributed by atoms with Gasteiger partial charge in [-0.2, -0.15) is 0 Å². The van der Waals surface area contributed by atoms with Crippen LogP contribution in [0.15, 0.2) is 0 Å². The van der Waals surface area contributed by atoms with Crippen molar-refractivity contribution >= 4 is 5.82 Å². The summed E-state index contributed by atoms with van der Waals surface area (Å²) in [6.07, 6.45) is 4.37. The number of hydrogen-bond acceptors (Lipinski definition) is 3. The molecule has 1 aromatic heterocycles. The molecule has 3 heteroatoms. The van der Waals surface area contributed by atoms with Crippen LogP contribution in [0.5, 0.6) is 0 Å². The number of rotatable bonds is 5. The summed E-state index contributed by atoms with van der Waals surface area (Å²) in [6, 6.07) is 0. The number of nitrogens with zero attached hydrogens (tertiary/aromatic N) is 2. The molecule has 1 heterocycles. The summed E-state index contributed by atoms with van der Waals surface area (Å²) < 4.78 is 0. The van der Waals surface area contributed by atoms with Gasteiger partial charge >= 0.3 is 0 Å². The highest BCUT2D eigenvalue weighted by molar-refractivity contribution is 5.45. The summed E-state index contributed by atoms with van der Waals surface area (Å²) in [5, 5.41) is 3.14. The molecule has 0 bridgehead atoms. The van der Waals surface area contributed by atoms with Gasteiger partial charge in [0, 0.05) is 24.7 Å². The second-order valence-electron chi connectivity index (χ2n) is 3.77. The SMILES string of the molecule is CCCCc1nc(CC)nc(NC)c1C. The maximum absolute atomic E-state index is 4.59. The first-order valence-electron chi connectivity index (χ1n) is 5.77. The van der Waals surface area contributed by atoms with Crippen LogP contribution >= 0.6 is 0 Å². The summed E-state index contributed by atoms with van der Waals surface area (Å²) in [4.78, 5) is 9.04. The summed E-state index contributed by atoms with van der Waals surface area (Å²) in [5.74, 6) is 1.92. The zero-order valence-corrected chi connectivity index (χ0v) is 10.2. The van der Waals surface area contributed by atoms with E-state index in [1.165, 1.54) is 24.1 Å². The van der Waals surface area contributed by atoms with Gasteiger partial charge in [0.05, 0.1) is 0 Å². The normalized spacial score (nSPS) is 10.4. The number of aromatic nitrogens is 2. The van der Waals surface area contributed by atoms with Crippen molar-refractivity contribution < 1.29 is 0 Å². The lowest BCUT2D eigenvalue weighted by atomic mass is 10.1. The second kappa shape index (κ2) is 5.69. The van der Waals surface area contributed by atoms with Crippen molar-refractivity contribution in [3.8, 4) is 0 Å². The van der Waals surface area contributed by atoms with Gasteiger partial charge in [-0.25, -0.2) is 9.97 Å². The lowest BCUT2D eigenvalue weighted by Gasteiger charge is -2.11. The Labute approximate surface area is 92.3 Å². The van der Waals surface area contributed by atoms with Crippen molar-refractivity contribution in [2.24, 2.45) is 0 Å². The molecule has 84 valence electrons. The average Bonchev–Trinajstić information content (AvgIpc) is 2.27. The second-order valence-corrected chi connectivity index (χ2v) is 3.77. The number of nitrogens with one attached hydrogen (secondary N) is 1. The Morgan fingerprint density at radius 3 is 2.47 bits per heavy atom. The fourth-order valence-corrected chi connectivity index (χ4v) is 1.60. The molecule has 0 aromatic carbocycles. The summed E-state index contributed by atoms with van der Waals surface area (Å²) in [6.45, 7) is 6.39. The van der Waals surface area contributed by atoms with Gasteiger partial charge in [-0.1, -0.05) is 20.3 Å². The molecule has 1 rings (SSSR count). The van der Waals surface area contributed by atoms with E-state index >= 15 is 0 Å². The molecule has 0 radical (unpaired) electrons. The Morgan fingerprint density at radius 2 is 1.93 bits per heavy atom. The Kier molecular flexibility index (Phi) is 4.53. The lowest BCUT2D eigenvalue weighted by Crippen LogP contribution is -2.07. The highest BCUT2D eigenvalue weighted by Gasteiger charge is 2.08. The fraction of sp³-hybridized carbons (Fsp3) is 0.667. The number of hydrogen-bond donors (Lipinski definition) is 1. The Bertz CT molecular complexity index is 321. The molecule has 15 heavy (non-hydrogen) atoms. The molecule has 0 saturated heterocycles. The van der Waals surface area contributed by atoms with Gasteiger partial charge in [-0.05, 0) is 19.8 Å². The van der Waals surface area contributed by atoms with Crippen LogP contribution < -0.4 is 5.32 Å². The first-order valence-corrected chi connectivity index (χ1v) is 5.77. The van der Waals surface area contributed by atoms with Crippen molar-refractivity contribution in [2.75, 3.05) is 12.4 Å². The maximum Gasteiger partial charge on any atom is 0.132 e. The van der Waals surface area contributed by atoms with Crippen LogP contribution in [0, 0.1) is 6.92 Å². The van der Waals surface area contributed by atoms with Crippen molar-refractivity contribution in [3.05, 3.63) is 17.1 Å². The maximum atomic E-state index is 4.59. The minimum atomic E-state index is 0.897. The third-order valence-corrected chi connectivity index (χ3v) is 2.61. The van der Waals surface area contributed by atoms with Gasteiger partial charge in [-0.15, -0.1) is 0 Å². The number of unbranched alkanes of at least 4 members (excludes halogenated alkanes) is 1. The standard InChI is InChI=1S/C12H21N3/c1-5-7-8-10-9(3)12(13-4)15-11(6-2)14-10/h5-8H2,1-4H3,(H,13,14,15). The van der Waals surface area contributed by atoms with Gasteiger partial charge < -0.3 is 5.32 Å². The van der Waals surface area contributed by atoms with E-state index in [1.807, 2.05) is 7.05 Å². The highest BCUT2D eigenvalue weighted by Crippen LogP contribution is 2.17. The minimum absolute atomic E-state index is 0.897. The molecule has 0 atom stereocenters. The summed E-state index contributed by atoms with van der Waals surface area (Å²) in [5.41, 5.74) is 2.40. The molecule has 3 nitrogen and oxygen atoms in total. The van der Waals surface area contributed by atoms with E-state index in [9.17, 15) is 0 Å². The van der Waals surface area contributed by atoms with Crippen LogP contribution in [-0.2, 0) is 12.8 Å². The monoisotopic (exact) mass is 207 g/mol. The minimum Gasteiger partial charge on any atom is -0.373 e. The molecule has 0 aliphatic heterocycles. The fourth-order valence-electron chi connectivity index (χ4n) is 1.60. The van der Waals surface area contributed by atoms with Gasteiger partial charge in [0.15, 0.2) is 0 Å². The largest absolute Gasteiger partial charge is 0.373 e. The third-order valence-electron chi connectivity index (χ3n) is 2.61. The summed E-state index contributed by atoms with van der Waals surface area (Å²) >= 11 is 0. The molecule has 0 aliphatic carbocycles. The highest BCUT2D eigenvalue weighted by atomic mass is 15.0. The Balaban J connectivity index is 3.01. The van der Waals surface area contributed by atoms with Gasteiger partial charge in [0.1, 0.15) is 11.6 Å².